The van der Waals surface area contributed by atoms with Gasteiger partial charge in [0.15, 0.2) is 16.4 Å². The molecule has 2 aliphatic heterocycles. The van der Waals surface area contributed by atoms with Gasteiger partial charge in [0.25, 0.3) is 5.91 Å². The van der Waals surface area contributed by atoms with Crippen LogP contribution in [0.15, 0.2) is 24.3 Å². The molecule has 4 rings (SSSR count). The highest BCUT2D eigenvalue weighted by Crippen LogP contribution is 2.29. The number of rotatable bonds is 6. The van der Waals surface area contributed by atoms with Gasteiger partial charge < -0.3 is 14.5 Å². The summed E-state index contributed by atoms with van der Waals surface area (Å²) < 4.78 is 29.2. The smallest absolute Gasteiger partial charge is 0.338 e. The highest BCUT2D eigenvalue weighted by Gasteiger charge is 2.39. The van der Waals surface area contributed by atoms with E-state index in [1.165, 1.54) is 0 Å². The molecule has 3 aliphatic rings. The lowest BCUT2D eigenvalue weighted by Crippen LogP contribution is -2.48. The maximum atomic E-state index is 13.0. The lowest BCUT2D eigenvalue weighted by atomic mass is 10.1. The van der Waals surface area contributed by atoms with E-state index in [4.69, 9.17) is 4.74 Å². The molecule has 2 heterocycles. The van der Waals surface area contributed by atoms with Crippen molar-refractivity contribution in [2.75, 3.05) is 29.6 Å². The van der Waals surface area contributed by atoms with E-state index in [2.05, 4.69) is 0 Å². The Labute approximate surface area is 182 Å². The first-order valence-corrected chi connectivity index (χ1v) is 12.8. The molecule has 1 saturated carbocycles. The van der Waals surface area contributed by atoms with Gasteiger partial charge in [0.1, 0.15) is 0 Å². The molecule has 0 spiro atoms. The molecule has 0 aromatic heterocycles. The van der Waals surface area contributed by atoms with E-state index in [0.29, 0.717) is 25.1 Å². The molecule has 9 heteroatoms. The lowest BCUT2D eigenvalue weighted by molar-refractivity contribution is -0.139. The molecule has 0 N–H and O–H groups in total. The van der Waals surface area contributed by atoms with Crippen LogP contribution in [-0.2, 0) is 24.2 Å². The second kappa shape index (κ2) is 8.98. The average Bonchev–Trinajstić information content (AvgIpc) is 3.49. The number of sulfone groups is 1. The van der Waals surface area contributed by atoms with Gasteiger partial charge in [-0.2, -0.15) is 0 Å². The third-order valence-corrected chi connectivity index (χ3v) is 8.15. The Balaban J connectivity index is 1.41. The van der Waals surface area contributed by atoms with Crippen molar-refractivity contribution in [3.8, 4) is 0 Å². The predicted molar refractivity (Wildman–Crippen MR) is 114 cm³/mol. The fourth-order valence-electron chi connectivity index (χ4n) is 4.89. The van der Waals surface area contributed by atoms with E-state index in [1.54, 1.807) is 34.1 Å². The van der Waals surface area contributed by atoms with E-state index in [9.17, 15) is 22.8 Å². The molecule has 0 unspecified atom stereocenters. The molecular formula is C22H28N2O6S. The van der Waals surface area contributed by atoms with E-state index in [0.717, 1.165) is 32.1 Å². The molecule has 1 aromatic rings. The number of hydrogen-bond acceptors (Lipinski definition) is 6. The molecule has 0 radical (unpaired) electrons. The Kier molecular flexibility index (Phi) is 6.31. The van der Waals surface area contributed by atoms with Gasteiger partial charge in [-0.25, -0.2) is 13.2 Å². The normalized spacial score (nSPS) is 23.3. The van der Waals surface area contributed by atoms with Crippen LogP contribution in [0.5, 0.6) is 0 Å². The van der Waals surface area contributed by atoms with Crippen LogP contribution in [0.25, 0.3) is 0 Å². The van der Waals surface area contributed by atoms with Gasteiger partial charge in [-0.05, 0) is 43.9 Å². The number of esters is 1. The fourth-order valence-corrected chi connectivity index (χ4v) is 6.60. The van der Waals surface area contributed by atoms with Gasteiger partial charge in [-0.1, -0.05) is 18.9 Å². The fraction of sp³-hybridized carbons (Fsp3) is 0.591. The SMILES string of the molecule is O=C(OCC(=O)N(C1CCCC1)[C@H]1CCS(=O)(=O)C1)c1cccc(N2CCCC2=O)c1. The van der Waals surface area contributed by atoms with Crippen LogP contribution in [-0.4, -0.2) is 67.8 Å². The molecule has 1 atom stereocenters. The van der Waals surface area contributed by atoms with Gasteiger partial charge in [0.2, 0.25) is 5.91 Å². The summed E-state index contributed by atoms with van der Waals surface area (Å²) in [4.78, 5) is 40.8. The number of carbonyl (C=O) groups excluding carboxylic acids is 3. The Bertz CT molecular complexity index is 970. The monoisotopic (exact) mass is 448 g/mol. The molecule has 3 fully saturated rings. The summed E-state index contributed by atoms with van der Waals surface area (Å²) in [5.74, 6) is -0.870. The minimum atomic E-state index is -3.13. The first-order valence-electron chi connectivity index (χ1n) is 10.9. The Morgan fingerprint density at radius 1 is 1.10 bits per heavy atom. The van der Waals surface area contributed by atoms with Crippen molar-refractivity contribution < 1.29 is 27.5 Å². The number of hydrogen-bond donors (Lipinski definition) is 0. The van der Waals surface area contributed by atoms with Crippen LogP contribution in [0.4, 0.5) is 5.69 Å². The van der Waals surface area contributed by atoms with Crippen molar-refractivity contribution >= 4 is 33.3 Å². The largest absolute Gasteiger partial charge is 0.452 e. The summed E-state index contributed by atoms with van der Waals surface area (Å²) in [5, 5.41) is 0. The summed E-state index contributed by atoms with van der Waals surface area (Å²) >= 11 is 0. The number of carbonyl (C=O) groups is 3. The first-order chi connectivity index (χ1) is 14.8. The second-order valence-electron chi connectivity index (χ2n) is 8.57. The first kappa shape index (κ1) is 21.8. The van der Waals surface area contributed by atoms with E-state index in [1.807, 2.05) is 0 Å². The lowest BCUT2D eigenvalue weighted by Gasteiger charge is -2.33. The van der Waals surface area contributed by atoms with E-state index >= 15 is 0 Å². The van der Waals surface area contributed by atoms with Crippen molar-refractivity contribution in [1.29, 1.82) is 0 Å². The Morgan fingerprint density at radius 2 is 1.87 bits per heavy atom. The molecular weight excluding hydrogens is 420 g/mol. The van der Waals surface area contributed by atoms with Gasteiger partial charge in [-0.3, -0.25) is 9.59 Å². The van der Waals surface area contributed by atoms with Crippen LogP contribution in [0.3, 0.4) is 0 Å². The summed E-state index contributed by atoms with van der Waals surface area (Å²) in [6.07, 6.45) is 5.44. The maximum Gasteiger partial charge on any atom is 0.338 e. The maximum absolute atomic E-state index is 13.0. The Hall–Kier alpha value is -2.42. The van der Waals surface area contributed by atoms with Crippen LogP contribution in [0.2, 0.25) is 0 Å². The molecule has 1 aliphatic carbocycles. The third-order valence-electron chi connectivity index (χ3n) is 6.40. The number of benzene rings is 1. The molecule has 2 saturated heterocycles. The number of nitrogens with zero attached hydrogens (tertiary/aromatic N) is 2. The zero-order chi connectivity index (χ0) is 22.0. The van der Waals surface area contributed by atoms with Gasteiger partial charge in [-0.15, -0.1) is 0 Å². The van der Waals surface area contributed by atoms with Crippen LogP contribution >= 0.6 is 0 Å². The van der Waals surface area contributed by atoms with Crippen molar-refractivity contribution in [3.05, 3.63) is 29.8 Å². The van der Waals surface area contributed by atoms with Crippen LogP contribution in [0, 0.1) is 0 Å². The summed E-state index contributed by atoms with van der Waals surface area (Å²) in [5.41, 5.74) is 0.924. The summed E-state index contributed by atoms with van der Waals surface area (Å²) in [6, 6.07) is 6.32. The van der Waals surface area contributed by atoms with Gasteiger partial charge >= 0.3 is 5.97 Å². The highest BCUT2D eigenvalue weighted by atomic mass is 32.2. The third kappa shape index (κ3) is 4.92. The predicted octanol–water partition coefficient (Wildman–Crippen LogP) is 1.93. The molecule has 31 heavy (non-hydrogen) atoms. The van der Waals surface area contributed by atoms with Crippen molar-refractivity contribution in [2.45, 2.75) is 57.0 Å². The van der Waals surface area contributed by atoms with Crippen molar-refractivity contribution in [3.63, 3.8) is 0 Å². The molecule has 0 bridgehead atoms. The Morgan fingerprint density at radius 3 is 2.52 bits per heavy atom. The summed E-state index contributed by atoms with van der Waals surface area (Å²) in [7, 11) is -3.13. The average molecular weight is 449 g/mol. The number of amides is 2. The minimum Gasteiger partial charge on any atom is -0.452 e. The van der Waals surface area contributed by atoms with Gasteiger partial charge in [0.05, 0.1) is 17.1 Å². The van der Waals surface area contributed by atoms with Gasteiger partial charge in [0, 0.05) is 30.7 Å². The molecule has 168 valence electrons. The zero-order valence-electron chi connectivity index (χ0n) is 17.5. The standard InChI is InChI=1S/C22H28N2O6S/c25-20-9-4-11-23(20)18-8-3-5-16(13-18)22(27)30-14-21(26)24(17-6-1-2-7-17)19-10-12-31(28,29)15-19/h3,5,8,13,17,19H,1-2,4,6-7,9-12,14-15H2/t19-/m0/s1. The van der Waals surface area contributed by atoms with Crippen molar-refractivity contribution in [1.82, 2.24) is 4.90 Å². The molecule has 2 amide bonds. The van der Waals surface area contributed by atoms with Crippen molar-refractivity contribution in [2.24, 2.45) is 0 Å². The molecule has 1 aromatic carbocycles. The zero-order valence-corrected chi connectivity index (χ0v) is 18.3. The van der Waals surface area contributed by atoms with E-state index in [-0.39, 0.29) is 41.0 Å². The van der Waals surface area contributed by atoms with Crippen LogP contribution < -0.4 is 4.90 Å². The summed E-state index contributed by atoms with van der Waals surface area (Å²) in [6.45, 7) is 0.204. The topological polar surface area (TPSA) is 101 Å². The van der Waals surface area contributed by atoms with E-state index < -0.39 is 22.4 Å². The highest BCUT2D eigenvalue weighted by molar-refractivity contribution is 7.91. The second-order valence-corrected chi connectivity index (χ2v) is 10.8. The minimum absolute atomic E-state index is 0.00834. The number of anilines is 1. The quantitative estimate of drug-likeness (QED) is 0.617. The molecule has 8 nitrogen and oxygen atoms in total. The van der Waals surface area contributed by atoms with Crippen LogP contribution in [0.1, 0.15) is 55.3 Å². The number of ether oxygens (including phenoxy) is 1.